The van der Waals surface area contributed by atoms with Crippen molar-refractivity contribution >= 4 is 5.91 Å². The zero-order valence-electron chi connectivity index (χ0n) is 11.6. The number of carbonyl (C=O) groups excluding carboxylic acids is 1. The Morgan fingerprint density at radius 1 is 1.35 bits per heavy atom. The summed E-state index contributed by atoms with van der Waals surface area (Å²) in [6.45, 7) is 0.765. The van der Waals surface area contributed by atoms with Gasteiger partial charge in [-0.1, -0.05) is 12.1 Å². The number of furan rings is 1. The minimum absolute atomic E-state index is 0.174. The summed E-state index contributed by atoms with van der Waals surface area (Å²) >= 11 is 0. The van der Waals surface area contributed by atoms with E-state index in [-0.39, 0.29) is 12.5 Å². The molecule has 20 heavy (non-hydrogen) atoms. The topological polar surface area (TPSA) is 68.7 Å². The molecular weight excluding hydrogens is 256 g/mol. The number of carbonyl (C=O) groups is 1. The molecule has 1 amide bonds. The number of ether oxygens (including phenoxy) is 1. The van der Waals surface area contributed by atoms with E-state index in [0.717, 1.165) is 11.3 Å². The first-order valence-corrected chi connectivity index (χ1v) is 6.31. The second kappa shape index (κ2) is 6.25. The molecule has 0 fully saturated rings. The van der Waals surface area contributed by atoms with Crippen LogP contribution >= 0.6 is 0 Å². The molecular formula is C15H18N2O3. The molecule has 2 aromatic rings. The van der Waals surface area contributed by atoms with E-state index in [1.54, 1.807) is 31.2 Å². The Morgan fingerprint density at radius 2 is 2.15 bits per heavy atom. The summed E-state index contributed by atoms with van der Waals surface area (Å²) in [6.07, 6.45) is 0. The molecule has 2 N–H and O–H groups in total. The molecule has 0 aliphatic carbocycles. The molecule has 1 aromatic carbocycles. The van der Waals surface area contributed by atoms with E-state index in [0.29, 0.717) is 18.1 Å². The van der Waals surface area contributed by atoms with Gasteiger partial charge in [0, 0.05) is 13.6 Å². The molecule has 0 radical (unpaired) electrons. The predicted molar refractivity (Wildman–Crippen MR) is 75.4 cm³/mol. The number of methoxy groups -OCH3 is 1. The van der Waals surface area contributed by atoms with Gasteiger partial charge in [-0.3, -0.25) is 4.79 Å². The van der Waals surface area contributed by atoms with Crippen LogP contribution < -0.4 is 10.5 Å². The Bertz CT molecular complexity index is 592. The smallest absolute Gasteiger partial charge is 0.289 e. The normalized spacial score (nSPS) is 10.3. The van der Waals surface area contributed by atoms with E-state index in [1.165, 1.54) is 0 Å². The number of benzene rings is 1. The molecule has 0 aliphatic heterocycles. The third-order valence-electron chi connectivity index (χ3n) is 2.97. The summed E-state index contributed by atoms with van der Waals surface area (Å²) in [5.74, 6) is 1.50. The fraction of sp³-hybridized carbons (Fsp3) is 0.267. The second-order valence-corrected chi connectivity index (χ2v) is 4.48. The number of nitrogens with zero attached hydrogens (tertiary/aromatic N) is 1. The number of hydrogen-bond donors (Lipinski definition) is 1. The lowest BCUT2D eigenvalue weighted by Crippen LogP contribution is -2.25. The van der Waals surface area contributed by atoms with Gasteiger partial charge in [-0.25, -0.2) is 0 Å². The van der Waals surface area contributed by atoms with Crippen molar-refractivity contribution in [3.05, 3.63) is 53.5 Å². The van der Waals surface area contributed by atoms with Gasteiger partial charge in [0.05, 0.1) is 13.7 Å². The molecule has 0 aliphatic rings. The van der Waals surface area contributed by atoms with Gasteiger partial charge in [-0.15, -0.1) is 0 Å². The van der Waals surface area contributed by atoms with Crippen molar-refractivity contribution in [2.75, 3.05) is 14.2 Å². The zero-order valence-corrected chi connectivity index (χ0v) is 11.6. The summed E-state index contributed by atoms with van der Waals surface area (Å²) in [7, 11) is 3.34. The highest BCUT2D eigenvalue weighted by molar-refractivity contribution is 5.91. The zero-order chi connectivity index (χ0) is 14.5. The highest BCUT2D eigenvalue weighted by Crippen LogP contribution is 2.16. The first kappa shape index (κ1) is 14.1. The summed E-state index contributed by atoms with van der Waals surface area (Å²) in [5.41, 5.74) is 6.45. The minimum atomic E-state index is -0.174. The highest BCUT2D eigenvalue weighted by atomic mass is 16.5. The van der Waals surface area contributed by atoms with Crippen LogP contribution in [-0.2, 0) is 13.1 Å². The maximum absolute atomic E-state index is 12.2. The monoisotopic (exact) mass is 274 g/mol. The van der Waals surface area contributed by atoms with Crippen molar-refractivity contribution in [1.29, 1.82) is 0 Å². The van der Waals surface area contributed by atoms with Crippen molar-refractivity contribution in [2.45, 2.75) is 13.1 Å². The lowest BCUT2D eigenvalue weighted by atomic mass is 10.2. The van der Waals surface area contributed by atoms with E-state index in [4.69, 9.17) is 14.9 Å². The van der Waals surface area contributed by atoms with E-state index in [2.05, 4.69) is 0 Å². The average Bonchev–Trinajstić information content (AvgIpc) is 2.95. The van der Waals surface area contributed by atoms with Crippen molar-refractivity contribution < 1.29 is 13.9 Å². The van der Waals surface area contributed by atoms with Crippen LogP contribution in [0, 0.1) is 0 Å². The first-order chi connectivity index (χ1) is 9.63. The van der Waals surface area contributed by atoms with Crippen molar-refractivity contribution in [2.24, 2.45) is 5.73 Å². The van der Waals surface area contributed by atoms with E-state index in [1.807, 2.05) is 24.3 Å². The maximum Gasteiger partial charge on any atom is 0.289 e. The number of rotatable bonds is 5. The van der Waals surface area contributed by atoms with Crippen LogP contribution in [0.1, 0.15) is 21.9 Å². The molecule has 5 heteroatoms. The van der Waals surface area contributed by atoms with E-state index >= 15 is 0 Å². The molecule has 0 saturated carbocycles. The van der Waals surface area contributed by atoms with Crippen molar-refractivity contribution in [3.63, 3.8) is 0 Å². The number of nitrogens with two attached hydrogens (primary N) is 1. The van der Waals surface area contributed by atoms with Gasteiger partial charge in [0.25, 0.3) is 5.91 Å². The van der Waals surface area contributed by atoms with Gasteiger partial charge in [0.2, 0.25) is 0 Å². The Kier molecular flexibility index (Phi) is 4.42. The number of hydrogen-bond acceptors (Lipinski definition) is 4. The fourth-order valence-corrected chi connectivity index (χ4v) is 1.91. The van der Waals surface area contributed by atoms with Crippen LogP contribution in [0.25, 0.3) is 0 Å². The van der Waals surface area contributed by atoms with Crippen molar-refractivity contribution in [1.82, 2.24) is 4.90 Å². The molecule has 0 atom stereocenters. The molecule has 5 nitrogen and oxygen atoms in total. The van der Waals surface area contributed by atoms with Gasteiger partial charge in [-0.05, 0) is 29.8 Å². The molecule has 0 unspecified atom stereocenters. The predicted octanol–water partition coefficient (Wildman–Crippen LogP) is 2.02. The van der Waals surface area contributed by atoms with Gasteiger partial charge in [-0.2, -0.15) is 0 Å². The Morgan fingerprint density at radius 3 is 2.80 bits per heavy atom. The van der Waals surface area contributed by atoms with Crippen LogP contribution in [0.3, 0.4) is 0 Å². The maximum atomic E-state index is 12.2. The quantitative estimate of drug-likeness (QED) is 0.905. The van der Waals surface area contributed by atoms with Crippen LogP contribution in [0.5, 0.6) is 5.75 Å². The van der Waals surface area contributed by atoms with E-state index < -0.39 is 0 Å². The molecule has 0 bridgehead atoms. The molecule has 106 valence electrons. The van der Waals surface area contributed by atoms with Gasteiger partial charge < -0.3 is 19.8 Å². The number of amides is 1. The third-order valence-corrected chi connectivity index (χ3v) is 2.97. The molecule has 1 aromatic heterocycles. The second-order valence-electron chi connectivity index (χ2n) is 4.48. The fourth-order valence-electron chi connectivity index (χ4n) is 1.91. The summed E-state index contributed by atoms with van der Waals surface area (Å²) in [6, 6.07) is 11.0. The lowest BCUT2D eigenvalue weighted by Gasteiger charge is -2.16. The van der Waals surface area contributed by atoms with Crippen LogP contribution in [0.4, 0.5) is 0 Å². The molecule has 1 heterocycles. The largest absolute Gasteiger partial charge is 0.497 e. The molecule has 0 saturated heterocycles. The molecule has 2 rings (SSSR count). The SMILES string of the molecule is COc1cccc(CN(C)C(=O)c2ccc(CN)o2)c1. The van der Waals surface area contributed by atoms with Crippen LogP contribution in [-0.4, -0.2) is 25.0 Å². The third kappa shape index (κ3) is 3.19. The van der Waals surface area contributed by atoms with Crippen LogP contribution in [0.15, 0.2) is 40.8 Å². The molecule has 0 spiro atoms. The standard InChI is InChI=1S/C15H18N2O3/c1-17(10-11-4-3-5-12(8-11)19-2)15(18)14-7-6-13(9-16)20-14/h3-8H,9-10,16H2,1-2H3. The lowest BCUT2D eigenvalue weighted by molar-refractivity contribution is 0.0751. The van der Waals surface area contributed by atoms with E-state index in [9.17, 15) is 4.79 Å². The summed E-state index contributed by atoms with van der Waals surface area (Å²) in [4.78, 5) is 13.8. The Hall–Kier alpha value is -2.27. The minimum Gasteiger partial charge on any atom is -0.497 e. The summed E-state index contributed by atoms with van der Waals surface area (Å²) in [5, 5.41) is 0. The van der Waals surface area contributed by atoms with Gasteiger partial charge in [0.15, 0.2) is 5.76 Å². The van der Waals surface area contributed by atoms with Gasteiger partial charge in [0.1, 0.15) is 11.5 Å². The van der Waals surface area contributed by atoms with Gasteiger partial charge >= 0.3 is 0 Å². The van der Waals surface area contributed by atoms with Crippen LogP contribution in [0.2, 0.25) is 0 Å². The first-order valence-electron chi connectivity index (χ1n) is 6.31. The highest BCUT2D eigenvalue weighted by Gasteiger charge is 2.16. The Labute approximate surface area is 117 Å². The van der Waals surface area contributed by atoms with Crippen molar-refractivity contribution in [3.8, 4) is 5.75 Å². The summed E-state index contributed by atoms with van der Waals surface area (Å²) < 4.78 is 10.5. The Balaban J connectivity index is 2.06. The average molecular weight is 274 g/mol.